The second kappa shape index (κ2) is 5.59. The van der Waals surface area contributed by atoms with E-state index in [0.29, 0.717) is 11.3 Å². The van der Waals surface area contributed by atoms with E-state index in [1.165, 1.54) is 0 Å². The molecule has 0 bridgehead atoms. The monoisotopic (exact) mass is 352 g/mol. The average molecular weight is 353 g/mol. The van der Waals surface area contributed by atoms with Gasteiger partial charge in [-0.2, -0.15) is 0 Å². The van der Waals surface area contributed by atoms with E-state index in [0.717, 1.165) is 40.9 Å². The molecule has 0 amide bonds. The highest BCUT2D eigenvalue weighted by Gasteiger charge is 2.19. The molecule has 0 fully saturated rings. The van der Waals surface area contributed by atoms with Gasteiger partial charge in [-0.1, -0.05) is 6.07 Å². The molecule has 5 nitrogen and oxygen atoms in total. The zero-order chi connectivity index (χ0) is 14.1. The fourth-order valence-electron chi connectivity index (χ4n) is 2.41. The number of hydrogen-bond acceptors (Lipinski definition) is 4. The molecule has 3 rings (SSSR count). The summed E-state index contributed by atoms with van der Waals surface area (Å²) in [5, 5.41) is 0. The van der Waals surface area contributed by atoms with Crippen LogP contribution >= 0.6 is 28.1 Å². The molecule has 0 saturated heterocycles. The van der Waals surface area contributed by atoms with Crippen LogP contribution < -0.4 is 5.56 Å². The largest absolute Gasteiger partial charge is 0.335 e. The predicted octanol–water partition coefficient (Wildman–Crippen LogP) is 2.15. The summed E-state index contributed by atoms with van der Waals surface area (Å²) < 4.78 is 1.23. The molecule has 2 aromatic rings. The van der Waals surface area contributed by atoms with Gasteiger partial charge in [-0.3, -0.25) is 14.7 Å². The Bertz CT molecular complexity index is 737. The lowest BCUT2D eigenvalue weighted by molar-refractivity contribution is 0.241. The number of nitrogens with zero attached hydrogens (tertiary/aromatic N) is 2. The van der Waals surface area contributed by atoms with Gasteiger partial charge in [0.15, 0.2) is 4.77 Å². The second-order valence-electron chi connectivity index (χ2n) is 4.82. The zero-order valence-corrected chi connectivity index (χ0v) is 13.1. The van der Waals surface area contributed by atoms with E-state index in [1.54, 1.807) is 0 Å². The Morgan fingerprint density at radius 3 is 3.00 bits per heavy atom. The van der Waals surface area contributed by atoms with Gasteiger partial charge >= 0.3 is 0 Å². The van der Waals surface area contributed by atoms with Gasteiger partial charge in [-0.25, -0.2) is 4.98 Å². The van der Waals surface area contributed by atoms with Crippen LogP contribution in [0.4, 0.5) is 0 Å². The van der Waals surface area contributed by atoms with Crippen molar-refractivity contribution >= 4 is 28.1 Å². The first kappa shape index (κ1) is 13.7. The molecule has 20 heavy (non-hydrogen) atoms. The molecule has 1 aliphatic heterocycles. The summed E-state index contributed by atoms with van der Waals surface area (Å²) in [6.45, 7) is 2.32. The van der Waals surface area contributed by atoms with Crippen molar-refractivity contribution in [3.05, 3.63) is 54.9 Å². The van der Waals surface area contributed by atoms with Crippen LogP contribution in [0.25, 0.3) is 0 Å². The molecule has 7 heteroatoms. The van der Waals surface area contributed by atoms with Crippen LogP contribution in [0.15, 0.2) is 27.7 Å². The van der Waals surface area contributed by atoms with Crippen LogP contribution in [0.2, 0.25) is 0 Å². The molecule has 0 aliphatic carbocycles. The number of aromatic nitrogens is 3. The van der Waals surface area contributed by atoms with Crippen molar-refractivity contribution in [3.8, 4) is 0 Å². The first-order chi connectivity index (χ1) is 9.61. The average Bonchev–Trinajstić information content (AvgIpc) is 2.42. The Hall–Kier alpha value is -1.31. The van der Waals surface area contributed by atoms with Crippen LogP contribution in [0, 0.1) is 4.77 Å². The summed E-state index contributed by atoms with van der Waals surface area (Å²) in [5.41, 5.74) is 2.80. The molecule has 2 N–H and O–H groups in total. The Morgan fingerprint density at radius 1 is 1.40 bits per heavy atom. The van der Waals surface area contributed by atoms with Crippen molar-refractivity contribution in [2.24, 2.45) is 0 Å². The van der Waals surface area contributed by atoms with Gasteiger partial charge in [0.1, 0.15) is 4.60 Å². The maximum absolute atomic E-state index is 11.9. The number of H-pyrrole nitrogens is 2. The number of aromatic amines is 2. The Labute approximate surface area is 129 Å². The van der Waals surface area contributed by atoms with E-state index in [-0.39, 0.29) is 5.56 Å². The Kier molecular flexibility index (Phi) is 3.82. The van der Waals surface area contributed by atoms with E-state index in [2.05, 4.69) is 35.8 Å². The molecular weight excluding hydrogens is 340 g/mol. The first-order valence-electron chi connectivity index (χ1n) is 6.29. The van der Waals surface area contributed by atoms with Crippen LogP contribution in [0.1, 0.15) is 16.8 Å². The summed E-state index contributed by atoms with van der Waals surface area (Å²) >= 11 is 8.32. The quantitative estimate of drug-likeness (QED) is 0.642. The highest BCUT2D eigenvalue weighted by molar-refractivity contribution is 9.10. The first-order valence-corrected chi connectivity index (χ1v) is 7.49. The lowest BCUT2D eigenvalue weighted by Gasteiger charge is -2.27. The number of halogens is 1. The molecular formula is C13H13BrN4OS. The van der Waals surface area contributed by atoms with Gasteiger partial charge in [-0.05, 0) is 39.8 Å². The minimum absolute atomic E-state index is 0.0811. The molecule has 1 aliphatic rings. The topological polar surface area (TPSA) is 64.8 Å². The summed E-state index contributed by atoms with van der Waals surface area (Å²) in [7, 11) is 0. The van der Waals surface area contributed by atoms with Crippen molar-refractivity contribution in [1.82, 2.24) is 19.9 Å². The summed E-state index contributed by atoms with van der Waals surface area (Å²) in [4.78, 5) is 24.1. The van der Waals surface area contributed by atoms with Gasteiger partial charge in [0.2, 0.25) is 0 Å². The van der Waals surface area contributed by atoms with E-state index in [9.17, 15) is 4.79 Å². The molecule has 0 spiro atoms. The Morgan fingerprint density at radius 2 is 2.25 bits per heavy atom. The lowest BCUT2D eigenvalue weighted by atomic mass is 10.1. The van der Waals surface area contributed by atoms with E-state index < -0.39 is 0 Å². The molecule has 0 radical (unpaired) electrons. The fourth-order valence-corrected chi connectivity index (χ4v) is 2.86. The Balaban J connectivity index is 1.80. The van der Waals surface area contributed by atoms with Crippen LogP contribution in [-0.4, -0.2) is 26.4 Å². The van der Waals surface area contributed by atoms with E-state index in [1.807, 2.05) is 18.3 Å². The minimum Gasteiger partial charge on any atom is -0.335 e. The number of fused-ring (bicyclic) bond motifs is 1. The van der Waals surface area contributed by atoms with Crippen molar-refractivity contribution in [3.63, 3.8) is 0 Å². The predicted molar refractivity (Wildman–Crippen MR) is 82.0 cm³/mol. The molecule has 0 aromatic carbocycles. The molecule has 0 saturated carbocycles. The summed E-state index contributed by atoms with van der Waals surface area (Å²) in [6, 6.07) is 3.96. The maximum atomic E-state index is 11.9. The normalized spacial score (nSPS) is 15.1. The highest BCUT2D eigenvalue weighted by atomic mass is 79.9. The number of rotatable bonds is 2. The van der Waals surface area contributed by atoms with Gasteiger partial charge in [-0.15, -0.1) is 0 Å². The minimum atomic E-state index is -0.0811. The summed E-state index contributed by atoms with van der Waals surface area (Å²) in [5.74, 6) is 0. The molecule has 2 aromatic heterocycles. The fraction of sp³-hybridized carbons (Fsp3) is 0.308. The van der Waals surface area contributed by atoms with Crippen molar-refractivity contribution in [1.29, 1.82) is 0 Å². The standard InChI is InChI=1S/C13H13BrN4OS/c14-11-2-1-8(5-15-11)6-18-4-3-10-9(7-18)12(19)17-13(20)16-10/h1-2,5H,3-4,6-7H2,(H2,16,17,19,20). The van der Waals surface area contributed by atoms with Gasteiger partial charge in [0.25, 0.3) is 5.56 Å². The second-order valence-corrected chi connectivity index (χ2v) is 6.04. The third-order valence-electron chi connectivity index (χ3n) is 3.38. The smallest absolute Gasteiger partial charge is 0.256 e. The van der Waals surface area contributed by atoms with Gasteiger partial charge in [0.05, 0.1) is 5.56 Å². The molecule has 0 unspecified atom stereocenters. The van der Waals surface area contributed by atoms with E-state index in [4.69, 9.17) is 12.2 Å². The lowest BCUT2D eigenvalue weighted by Crippen LogP contribution is -2.35. The number of nitrogens with one attached hydrogen (secondary N) is 2. The number of pyridine rings is 1. The molecule has 3 heterocycles. The summed E-state index contributed by atoms with van der Waals surface area (Å²) in [6.07, 6.45) is 2.66. The third kappa shape index (κ3) is 2.89. The van der Waals surface area contributed by atoms with E-state index >= 15 is 0 Å². The van der Waals surface area contributed by atoms with Gasteiger partial charge in [0, 0.05) is 37.9 Å². The molecule has 104 valence electrons. The third-order valence-corrected chi connectivity index (χ3v) is 4.06. The maximum Gasteiger partial charge on any atom is 0.256 e. The van der Waals surface area contributed by atoms with Crippen molar-refractivity contribution in [2.45, 2.75) is 19.5 Å². The molecule has 0 atom stereocenters. The SMILES string of the molecule is O=c1[nH]c(=S)[nH]c2c1CN(Cc1ccc(Br)nc1)CC2. The zero-order valence-electron chi connectivity index (χ0n) is 10.6. The van der Waals surface area contributed by atoms with Crippen molar-refractivity contribution < 1.29 is 0 Å². The van der Waals surface area contributed by atoms with Crippen LogP contribution in [0.3, 0.4) is 0 Å². The number of hydrogen-bond donors (Lipinski definition) is 2. The van der Waals surface area contributed by atoms with Gasteiger partial charge < -0.3 is 4.98 Å². The van der Waals surface area contributed by atoms with Crippen LogP contribution in [0.5, 0.6) is 0 Å². The highest BCUT2D eigenvalue weighted by Crippen LogP contribution is 2.16. The van der Waals surface area contributed by atoms with Crippen LogP contribution in [-0.2, 0) is 19.5 Å². The van der Waals surface area contributed by atoms with Crippen molar-refractivity contribution in [2.75, 3.05) is 6.54 Å².